The van der Waals surface area contributed by atoms with Crippen LogP contribution in [0.5, 0.6) is 0 Å². The van der Waals surface area contributed by atoms with E-state index in [-0.39, 0.29) is 0 Å². The van der Waals surface area contributed by atoms with Crippen molar-refractivity contribution in [1.29, 1.82) is 0 Å². The van der Waals surface area contributed by atoms with Crippen LogP contribution in [0.2, 0.25) is 0 Å². The minimum Gasteiger partial charge on any atom is -0.398 e. The highest BCUT2D eigenvalue weighted by Crippen LogP contribution is 2.46. The minimum absolute atomic E-state index is 0.609. The molecule has 4 rings (SSSR count). The van der Waals surface area contributed by atoms with E-state index in [4.69, 9.17) is 5.73 Å². The van der Waals surface area contributed by atoms with Crippen molar-refractivity contribution in [3.63, 3.8) is 0 Å². The lowest BCUT2D eigenvalue weighted by Gasteiger charge is -2.16. The number of hydrogen-bond acceptors (Lipinski definition) is 1. The van der Waals surface area contributed by atoms with Crippen LogP contribution in [-0.4, -0.2) is 0 Å². The van der Waals surface area contributed by atoms with Gasteiger partial charge in [-0.05, 0) is 71.0 Å². The van der Waals surface area contributed by atoms with Crippen LogP contribution in [0.3, 0.4) is 0 Å². The quantitative estimate of drug-likeness (QED) is 0.671. The van der Waals surface area contributed by atoms with Crippen molar-refractivity contribution in [2.24, 2.45) is 5.92 Å². The summed E-state index contributed by atoms with van der Waals surface area (Å²) >= 11 is 0. The van der Waals surface area contributed by atoms with Gasteiger partial charge in [0.25, 0.3) is 0 Å². The molecule has 1 saturated carbocycles. The topological polar surface area (TPSA) is 26.0 Å². The number of rotatable bonds is 2. The van der Waals surface area contributed by atoms with Gasteiger partial charge in [0.2, 0.25) is 0 Å². The Morgan fingerprint density at radius 3 is 2.63 bits per heavy atom. The number of benzene rings is 2. The number of nitrogen functional groups attached to an aromatic ring is 1. The first-order valence-corrected chi connectivity index (χ1v) is 7.24. The zero-order valence-electron chi connectivity index (χ0n) is 11.3. The van der Waals surface area contributed by atoms with Crippen LogP contribution in [0.15, 0.2) is 36.4 Å². The number of anilines is 1. The summed E-state index contributed by atoms with van der Waals surface area (Å²) in [4.78, 5) is 0. The first kappa shape index (κ1) is 11.1. The third kappa shape index (κ3) is 1.68. The van der Waals surface area contributed by atoms with E-state index >= 15 is 0 Å². The third-order valence-electron chi connectivity index (χ3n) is 4.82. The average Bonchev–Trinajstić information content (AvgIpc) is 3.19. The molecular formula is C18H19N. The Balaban J connectivity index is 1.85. The summed E-state index contributed by atoms with van der Waals surface area (Å²) in [7, 11) is 0. The maximum absolute atomic E-state index is 6.29. The van der Waals surface area contributed by atoms with Crippen molar-refractivity contribution in [2.75, 3.05) is 5.73 Å². The molecule has 19 heavy (non-hydrogen) atoms. The van der Waals surface area contributed by atoms with Crippen molar-refractivity contribution < 1.29 is 0 Å². The smallest absolute Gasteiger partial charge is 0.0352 e. The predicted molar refractivity (Wildman–Crippen MR) is 80.2 cm³/mol. The molecule has 1 fully saturated rings. The largest absolute Gasteiger partial charge is 0.398 e. The molecule has 0 aromatic heterocycles. The predicted octanol–water partition coefficient (Wildman–Crippen LogP) is 4.35. The lowest BCUT2D eigenvalue weighted by atomic mass is 9.91. The standard InChI is InChI=1S/C18H19N/c1-11(12-6-7-12)16-10-17-14(9-18(16)19)8-13-4-2-3-5-15(13)17/h2-5,9-12H,6-8,19H2,1H3. The highest BCUT2D eigenvalue weighted by molar-refractivity contribution is 5.79. The molecule has 1 atom stereocenters. The summed E-state index contributed by atoms with van der Waals surface area (Å²) in [5.74, 6) is 1.47. The van der Waals surface area contributed by atoms with E-state index in [0.717, 1.165) is 18.0 Å². The van der Waals surface area contributed by atoms with Gasteiger partial charge in [0.05, 0.1) is 0 Å². The zero-order chi connectivity index (χ0) is 13.0. The van der Waals surface area contributed by atoms with Crippen molar-refractivity contribution in [3.8, 4) is 11.1 Å². The Bertz CT molecular complexity index is 653. The lowest BCUT2D eigenvalue weighted by Crippen LogP contribution is -2.02. The van der Waals surface area contributed by atoms with Crippen molar-refractivity contribution >= 4 is 5.69 Å². The first-order valence-electron chi connectivity index (χ1n) is 7.24. The zero-order valence-corrected chi connectivity index (χ0v) is 11.3. The Morgan fingerprint density at radius 2 is 1.84 bits per heavy atom. The maximum atomic E-state index is 6.29. The molecule has 1 heteroatoms. The molecule has 0 heterocycles. The van der Waals surface area contributed by atoms with Crippen molar-refractivity contribution in [1.82, 2.24) is 0 Å². The van der Waals surface area contributed by atoms with Gasteiger partial charge in [0, 0.05) is 5.69 Å². The van der Waals surface area contributed by atoms with E-state index < -0.39 is 0 Å². The van der Waals surface area contributed by atoms with E-state index in [1.54, 1.807) is 0 Å². The van der Waals surface area contributed by atoms with E-state index in [0.29, 0.717) is 5.92 Å². The molecule has 2 N–H and O–H groups in total. The molecule has 0 bridgehead atoms. The van der Waals surface area contributed by atoms with E-state index in [1.807, 2.05) is 0 Å². The molecule has 2 aromatic rings. The summed E-state index contributed by atoms with van der Waals surface area (Å²) < 4.78 is 0. The number of nitrogens with two attached hydrogens (primary N) is 1. The SMILES string of the molecule is CC(c1cc2c(cc1N)Cc1ccccc1-2)C1CC1. The van der Waals surface area contributed by atoms with Gasteiger partial charge < -0.3 is 5.73 Å². The summed E-state index contributed by atoms with van der Waals surface area (Å²) in [6.45, 7) is 2.33. The van der Waals surface area contributed by atoms with Crippen LogP contribution in [0, 0.1) is 5.92 Å². The summed E-state index contributed by atoms with van der Waals surface area (Å²) in [5, 5.41) is 0. The van der Waals surface area contributed by atoms with E-state index in [1.165, 1.54) is 40.7 Å². The van der Waals surface area contributed by atoms with Gasteiger partial charge in [-0.25, -0.2) is 0 Å². The molecule has 0 spiro atoms. The second-order valence-electron chi connectivity index (χ2n) is 6.10. The van der Waals surface area contributed by atoms with Crippen LogP contribution >= 0.6 is 0 Å². The minimum atomic E-state index is 0.609. The molecule has 0 saturated heterocycles. The molecule has 0 radical (unpaired) electrons. The van der Waals surface area contributed by atoms with Crippen LogP contribution in [0.25, 0.3) is 11.1 Å². The van der Waals surface area contributed by atoms with Gasteiger partial charge in [0.15, 0.2) is 0 Å². The van der Waals surface area contributed by atoms with Gasteiger partial charge in [0.1, 0.15) is 0 Å². The fourth-order valence-electron chi connectivity index (χ4n) is 3.46. The second kappa shape index (κ2) is 3.86. The molecule has 1 unspecified atom stereocenters. The number of hydrogen-bond donors (Lipinski definition) is 1. The van der Waals surface area contributed by atoms with Gasteiger partial charge in [-0.2, -0.15) is 0 Å². The Hall–Kier alpha value is -1.76. The molecule has 2 aliphatic carbocycles. The van der Waals surface area contributed by atoms with Crippen LogP contribution in [0.1, 0.15) is 42.4 Å². The Morgan fingerprint density at radius 1 is 1.05 bits per heavy atom. The van der Waals surface area contributed by atoms with Gasteiger partial charge in [-0.1, -0.05) is 31.2 Å². The second-order valence-corrected chi connectivity index (χ2v) is 6.10. The molecular weight excluding hydrogens is 230 g/mol. The number of fused-ring (bicyclic) bond motifs is 3. The molecule has 1 nitrogen and oxygen atoms in total. The molecule has 96 valence electrons. The first-order chi connectivity index (χ1) is 9.24. The van der Waals surface area contributed by atoms with E-state index in [9.17, 15) is 0 Å². The maximum Gasteiger partial charge on any atom is 0.0352 e. The van der Waals surface area contributed by atoms with Crippen LogP contribution < -0.4 is 5.73 Å². The molecule has 2 aliphatic rings. The van der Waals surface area contributed by atoms with Crippen LogP contribution in [-0.2, 0) is 6.42 Å². The highest BCUT2D eigenvalue weighted by atomic mass is 14.6. The average molecular weight is 249 g/mol. The fraction of sp³-hybridized carbons (Fsp3) is 0.333. The highest BCUT2D eigenvalue weighted by Gasteiger charge is 2.31. The Labute approximate surface area is 114 Å². The monoisotopic (exact) mass is 249 g/mol. The molecule has 0 aliphatic heterocycles. The molecule has 0 amide bonds. The normalized spacial score (nSPS) is 17.9. The summed E-state index contributed by atoms with van der Waals surface area (Å²) in [6, 6.07) is 13.3. The molecule has 2 aromatic carbocycles. The third-order valence-corrected chi connectivity index (χ3v) is 4.82. The summed E-state index contributed by atoms with van der Waals surface area (Å²) in [6.07, 6.45) is 3.77. The van der Waals surface area contributed by atoms with Gasteiger partial charge in [-0.3, -0.25) is 0 Å². The lowest BCUT2D eigenvalue weighted by molar-refractivity contribution is 0.666. The fourth-order valence-corrected chi connectivity index (χ4v) is 3.46. The van der Waals surface area contributed by atoms with Crippen molar-refractivity contribution in [2.45, 2.75) is 32.1 Å². The Kier molecular flexibility index (Phi) is 2.26. The van der Waals surface area contributed by atoms with Gasteiger partial charge >= 0.3 is 0 Å². The van der Waals surface area contributed by atoms with Gasteiger partial charge in [-0.15, -0.1) is 0 Å². The van der Waals surface area contributed by atoms with E-state index in [2.05, 4.69) is 43.3 Å². The van der Waals surface area contributed by atoms with Crippen LogP contribution in [0.4, 0.5) is 5.69 Å². The van der Waals surface area contributed by atoms with Crippen molar-refractivity contribution in [3.05, 3.63) is 53.1 Å². The summed E-state index contributed by atoms with van der Waals surface area (Å²) in [5.41, 5.74) is 14.3.